The van der Waals surface area contributed by atoms with Crippen LogP contribution in [0.5, 0.6) is 0 Å². The topological polar surface area (TPSA) is 71.1 Å². The van der Waals surface area contributed by atoms with Gasteiger partial charge in [-0.15, -0.1) is 0 Å². The molecule has 0 amide bonds. The molecule has 0 bridgehead atoms. The van der Waals surface area contributed by atoms with Gasteiger partial charge in [-0.3, -0.25) is 9.69 Å². The van der Waals surface area contributed by atoms with Gasteiger partial charge in [0.2, 0.25) is 0 Å². The monoisotopic (exact) mass is 284 g/mol. The number of H-pyrrole nitrogens is 1. The molecule has 1 aromatic carbocycles. The third-order valence-corrected chi connectivity index (χ3v) is 4.30. The molecule has 108 valence electrons. The fourth-order valence-electron chi connectivity index (χ4n) is 3.22. The highest BCUT2D eigenvalue weighted by molar-refractivity contribution is 5.75. The van der Waals surface area contributed by atoms with Crippen molar-refractivity contribution in [1.82, 2.24) is 20.3 Å². The van der Waals surface area contributed by atoms with Gasteiger partial charge in [0.05, 0.1) is 12.5 Å². The maximum atomic E-state index is 11.6. The van der Waals surface area contributed by atoms with Crippen LogP contribution in [0.1, 0.15) is 5.69 Å². The molecule has 2 aromatic rings. The molecule has 4 rings (SSSR count). The summed E-state index contributed by atoms with van der Waals surface area (Å²) in [6.07, 6.45) is 0. The molecule has 0 aliphatic carbocycles. The van der Waals surface area contributed by atoms with Crippen molar-refractivity contribution in [3.63, 3.8) is 0 Å². The molecule has 2 atom stereocenters. The van der Waals surface area contributed by atoms with Crippen molar-refractivity contribution in [3.05, 3.63) is 36.0 Å². The van der Waals surface area contributed by atoms with E-state index in [1.54, 1.807) is 0 Å². The van der Waals surface area contributed by atoms with E-state index in [9.17, 15) is 4.79 Å². The Bertz CT molecular complexity index is 655. The first-order valence-electron chi connectivity index (χ1n) is 7.15. The highest BCUT2D eigenvalue weighted by Gasteiger charge is 2.44. The zero-order chi connectivity index (χ0) is 14.2. The lowest BCUT2D eigenvalue weighted by atomic mass is 10.0. The number of carbonyl (C=O) groups is 1. The number of nitrogens with one attached hydrogen (secondary N) is 1. The van der Waals surface area contributed by atoms with Crippen LogP contribution in [-0.2, 0) is 16.1 Å². The fourth-order valence-corrected chi connectivity index (χ4v) is 3.22. The summed E-state index contributed by atoms with van der Waals surface area (Å²) >= 11 is 0. The Morgan fingerprint density at radius 3 is 2.90 bits per heavy atom. The van der Waals surface area contributed by atoms with Gasteiger partial charge in [-0.25, -0.2) is 0 Å². The number of esters is 1. The van der Waals surface area contributed by atoms with Crippen molar-refractivity contribution >= 4 is 5.97 Å². The Morgan fingerprint density at radius 2 is 2.10 bits per heavy atom. The minimum atomic E-state index is -0.0501. The molecule has 0 spiro atoms. The van der Waals surface area contributed by atoms with E-state index in [2.05, 4.69) is 20.3 Å². The number of cyclic esters (lactones) is 1. The molecular formula is C15H16N4O2. The van der Waals surface area contributed by atoms with Crippen LogP contribution in [0.4, 0.5) is 0 Å². The number of fused-ring (bicyclic) bond motifs is 1. The van der Waals surface area contributed by atoms with Crippen molar-refractivity contribution < 1.29 is 9.53 Å². The summed E-state index contributed by atoms with van der Waals surface area (Å²) in [7, 11) is 0. The number of benzene rings is 1. The van der Waals surface area contributed by atoms with E-state index < -0.39 is 0 Å². The number of hydrogen-bond donors (Lipinski definition) is 1. The van der Waals surface area contributed by atoms with Crippen LogP contribution in [0.3, 0.4) is 0 Å². The molecular weight excluding hydrogens is 268 g/mol. The van der Waals surface area contributed by atoms with Crippen molar-refractivity contribution in [1.29, 1.82) is 0 Å². The molecule has 6 heteroatoms. The maximum Gasteiger partial charge on any atom is 0.310 e. The van der Waals surface area contributed by atoms with Gasteiger partial charge in [0.15, 0.2) is 0 Å². The zero-order valence-electron chi connectivity index (χ0n) is 11.5. The van der Waals surface area contributed by atoms with Crippen molar-refractivity contribution in [3.8, 4) is 11.3 Å². The van der Waals surface area contributed by atoms with E-state index >= 15 is 0 Å². The quantitative estimate of drug-likeness (QED) is 0.854. The standard InChI is InChI=1S/C15H16N4O2/c20-15-12-7-19(6-11(12)9-21-15)8-13-14(17-18-16-13)10-4-2-1-3-5-10/h1-5,11-12H,6-9H2,(H,16,17,18)/t11-,12-/m1/s1. The van der Waals surface area contributed by atoms with E-state index in [0.29, 0.717) is 19.1 Å². The van der Waals surface area contributed by atoms with E-state index in [0.717, 1.165) is 30.0 Å². The minimum absolute atomic E-state index is 0.0390. The molecule has 3 heterocycles. The maximum absolute atomic E-state index is 11.6. The minimum Gasteiger partial charge on any atom is -0.465 e. The van der Waals surface area contributed by atoms with E-state index in [1.165, 1.54) is 0 Å². The lowest BCUT2D eigenvalue weighted by molar-refractivity contribution is -0.141. The van der Waals surface area contributed by atoms with Crippen LogP contribution >= 0.6 is 0 Å². The molecule has 0 unspecified atom stereocenters. The number of aromatic amines is 1. The fraction of sp³-hybridized carbons (Fsp3) is 0.400. The van der Waals surface area contributed by atoms with Gasteiger partial charge in [0.1, 0.15) is 11.4 Å². The van der Waals surface area contributed by atoms with E-state index in [1.807, 2.05) is 30.3 Å². The zero-order valence-corrected chi connectivity index (χ0v) is 11.5. The Labute approximate surface area is 122 Å². The third kappa shape index (κ3) is 2.21. The lowest BCUT2D eigenvalue weighted by Gasteiger charge is -2.15. The SMILES string of the molecule is O=C1OC[C@H]2CN(Cc3n[nH]nc3-c3ccccc3)C[C@@H]12. The molecule has 2 saturated heterocycles. The van der Waals surface area contributed by atoms with Gasteiger partial charge in [-0.1, -0.05) is 30.3 Å². The number of ether oxygens (including phenoxy) is 1. The first-order chi connectivity index (χ1) is 10.3. The highest BCUT2D eigenvalue weighted by Crippen LogP contribution is 2.31. The Morgan fingerprint density at radius 1 is 1.24 bits per heavy atom. The van der Waals surface area contributed by atoms with Gasteiger partial charge >= 0.3 is 5.97 Å². The summed E-state index contributed by atoms with van der Waals surface area (Å²) in [5.74, 6) is 0.326. The second-order valence-electron chi connectivity index (χ2n) is 5.68. The van der Waals surface area contributed by atoms with Crippen LogP contribution in [0.15, 0.2) is 30.3 Å². The summed E-state index contributed by atoms with van der Waals surface area (Å²) in [6, 6.07) is 10.0. The Hall–Kier alpha value is -2.21. The predicted octanol–water partition coefficient (Wildman–Crippen LogP) is 1.08. The Kier molecular flexibility index (Phi) is 2.96. The summed E-state index contributed by atoms with van der Waals surface area (Å²) in [5.41, 5.74) is 2.87. The first kappa shape index (κ1) is 12.5. The number of likely N-dealkylation sites (tertiary alicyclic amines) is 1. The van der Waals surface area contributed by atoms with Crippen molar-refractivity contribution in [2.75, 3.05) is 19.7 Å². The van der Waals surface area contributed by atoms with E-state index in [4.69, 9.17) is 4.74 Å². The van der Waals surface area contributed by atoms with Crippen LogP contribution in [-0.4, -0.2) is 46.0 Å². The molecule has 1 N–H and O–H groups in total. The average Bonchev–Trinajstić information content (AvgIpc) is 3.19. The second kappa shape index (κ2) is 4.96. The first-order valence-corrected chi connectivity index (χ1v) is 7.15. The molecule has 2 aliphatic rings. The normalized spacial score (nSPS) is 25.0. The second-order valence-corrected chi connectivity index (χ2v) is 5.68. The van der Waals surface area contributed by atoms with Crippen molar-refractivity contribution in [2.24, 2.45) is 11.8 Å². The molecule has 21 heavy (non-hydrogen) atoms. The van der Waals surface area contributed by atoms with Crippen LogP contribution in [0, 0.1) is 11.8 Å². The number of rotatable bonds is 3. The van der Waals surface area contributed by atoms with Gasteiger partial charge in [-0.2, -0.15) is 15.4 Å². The highest BCUT2D eigenvalue weighted by atomic mass is 16.5. The van der Waals surface area contributed by atoms with Crippen molar-refractivity contribution in [2.45, 2.75) is 6.54 Å². The van der Waals surface area contributed by atoms with Crippen LogP contribution in [0.2, 0.25) is 0 Å². The lowest BCUT2D eigenvalue weighted by Crippen LogP contribution is -2.24. The molecule has 1 aromatic heterocycles. The number of carbonyl (C=O) groups excluding carboxylic acids is 1. The van der Waals surface area contributed by atoms with Gasteiger partial charge in [0.25, 0.3) is 0 Å². The third-order valence-electron chi connectivity index (χ3n) is 4.30. The summed E-state index contributed by atoms with van der Waals surface area (Å²) in [6.45, 7) is 2.91. The number of aromatic nitrogens is 3. The average molecular weight is 284 g/mol. The molecule has 0 radical (unpaired) electrons. The smallest absolute Gasteiger partial charge is 0.310 e. The largest absolute Gasteiger partial charge is 0.465 e. The summed E-state index contributed by atoms with van der Waals surface area (Å²) in [5, 5.41) is 11.2. The molecule has 2 fully saturated rings. The summed E-state index contributed by atoms with van der Waals surface area (Å²) in [4.78, 5) is 13.9. The van der Waals surface area contributed by atoms with Gasteiger partial charge in [-0.05, 0) is 0 Å². The van der Waals surface area contributed by atoms with Crippen LogP contribution < -0.4 is 0 Å². The van der Waals surface area contributed by atoms with Crippen LogP contribution in [0.25, 0.3) is 11.3 Å². The predicted molar refractivity (Wildman–Crippen MR) is 75.0 cm³/mol. The Balaban J connectivity index is 1.52. The van der Waals surface area contributed by atoms with E-state index in [-0.39, 0.29) is 11.9 Å². The molecule has 2 aliphatic heterocycles. The van der Waals surface area contributed by atoms with Gasteiger partial charge < -0.3 is 4.74 Å². The molecule has 6 nitrogen and oxygen atoms in total. The van der Waals surface area contributed by atoms with Gasteiger partial charge in [0, 0.05) is 31.1 Å². The molecule has 0 saturated carbocycles. The number of hydrogen-bond acceptors (Lipinski definition) is 5. The number of nitrogens with zero attached hydrogens (tertiary/aromatic N) is 3. The summed E-state index contributed by atoms with van der Waals surface area (Å²) < 4.78 is 5.10.